The summed E-state index contributed by atoms with van der Waals surface area (Å²) in [4.78, 5) is 39.0. The number of anilines is 1. The van der Waals surface area contributed by atoms with Crippen molar-refractivity contribution in [3.8, 4) is 0 Å². The number of rotatable bonds is 4. The van der Waals surface area contributed by atoms with Crippen molar-refractivity contribution in [1.29, 1.82) is 0 Å². The third-order valence-electron chi connectivity index (χ3n) is 6.86. The first kappa shape index (κ1) is 18.2. The third-order valence-corrected chi connectivity index (χ3v) is 6.86. The first-order chi connectivity index (χ1) is 13.8. The van der Waals surface area contributed by atoms with Crippen LogP contribution in [0, 0.1) is 22.0 Å². The lowest BCUT2D eigenvalue weighted by Crippen LogP contribution is -2.42. The topological polar surface area (TPSA) is 110 Å². The van der Waals surface area contributed by atoms with E-state index in [1.54, 1.807) is 24.3 Å². The fourth-order valence-electron chi connectivity index (χ4n) is 5.66. The van der Waals surface area contributed by atoms with E-state index in [0.717, 1.165) is 0 Å². The lowest BCUT2D eigenvalue weighted by atomic mass is 9.67. The molecule has 8 nitrogen and oxygen atoms in total. The molecule has 0 aliphatic carbocycles. The average molecular weight is 396 g/mol. The number of non-ortho nitro benzene ring substituents is 1. The van der Waals surface area contributed by atoms with Gasteiger partial charge in [-0.05, 0) is 31.9 Å². The fourth-order valence-corrected chi connectivity index (χ4v) is 5.66. The van der Waals surface area contributed by atoms with E-state index in [9.17, 15) is 24.8 Å². The van der Waals surface area contributed by atoms with Crippen molar-refractivity contribution in [3.05, 3.63) is 46.5 Å². The first-order valence-electron chi connectivity index (χ1n) is 9.68. The van der Waals surface area contributed by atoms with Crippen LogP contribution in [0.1, 0.15) is 26.2 Å². The van der Waals surface area contributed by atoms with Crippen LogP contribution in [0.3, 0.4) is 0 Å². The molecule has 2 bridgehead atoms. The standard InChI is InChI=1S/C21H20N2O6/c1-20-8-9-21(29-20,10-11-24)17-16(20)18(25)22(19(17)26)14-6-7-15(23(27)28)13-5-3-2-4-12(13)14/h2-7,16-17,24H,8-11H2,1H3. The molecule has 3 aliphatic heterocycles. The zero-order chi connectivity index (χ0) is 20.6. The van der Waals surface area contributed by atoms with E-state index in [1.807, 2.05) is 6.92 Å². The van der Waals surface area contributed by atoms with Gasteiger partial charge < -0.3 is 9.84 Å². The van der Waals surface area contributed by atoms with Crippen LogP contribution in [0.25, 0.3) is 10.8 Å². The number of nitro groups is 1. The molecule has 0 spiro atoms. The van der Waals surface area contributed by atoms with Crippen molar-refractivity contribution in [2.75, 3.05) is 11.5 Å². The van der Waals surface area contributed by atoms with Gasteiger partial charge in [-0.2, -0.15) is 0 Å². The second-order valence-electron chi connectivity index (χ2n) is 8.33. The van der Waals surface area contributed by atoms with Gasteiger partial charge in [0.05, 0.1) is 39.0 Å². The van der Waals surface area contributed by atoms with E-state index < -0.39 is 28.0 Å². The molecule has 0 saturated carbocycles. The maximum Gasteiger partial charge on any atom is 0.277 e. The number of benzene rings is 2. The number of amides is 2. The summed E-state index contributed by atoms with van der Waals surface area (Å²) >= 11 is 0. The van der Waals surface area contributed by atoms with Crippen LogP contribution in [-0.2, 0) is 14.3 Å². The van der Waals surface area contributed by atoms with Crippen LogP contribution >= 0.6 is 0 Å². The van der Waals surface area contributed by atoms with E-state index in [-0.39, 0.29) is 24.1 Å². The zero-order valence-corrected chi connectivity index (χ0v) is 15.8. The number of imide groups is 1. The number of aliphatic hydroxyl groups is 1. The highest BCUT2D eigenvalue weighted by Crippen LogP contribution is 2.62. The highest BCUT2D eigenvalue weighted by Gasteiger charge is 2.73. The van der Waals surface area contributed by atoms with Crippen LogP contribution in [0.2, 0.25) is 0 Å². The van der Waals surface area contributed by atoms with Gasteiger partial charge in [0, 0.05) is 24.5 Å². The van der Waals surface area contributed by atoms with Gasteiger partial charge in [0.1, 0.15) is 0 Å². The quantitative estimate of drug-likeness (QED) is 0.483. The van der Waals surface area contributed by atoms with Crippen molar-refractivity contribution in [1.82, 2.24) is 0 Å². The Morgan fingerprint density at radius 2 is 1.83 bits per heavy atom. The van der Waals surface area contributed by atoms with E-state index in [4.69, 9.17) is 4.74 Å². The molecule has 8 heteroatoms. The monoisotopic (exact) mass is 396 g/mol. The molecule has 29 heavy (non-hydrogen) atoms. The van der Waals surface area contributed by atoms with Gasteiger partial charge >= 0.3 is 0 Å². The van der Waals surface area contributed by atoms with Crippen LogP contribution in [0.5, 0.6) is 0 Å². The molecule has 2 amide bonds. The van der Waals surface area contributed by atoms with Gasteiger partial charge in [-0.3, -0.25) is 19.7 Å². The Bertz CT molecular complexity index is 1080. The Balaban J connectivity index is 1.66. The first-order valence-corrected chi connectivity index (χ1v) is 9.68. The fraction of sp³-hybridized carbons (Fsp3) is 0.429. The molecule has 4 atom stereocenters. The van der Waals surface area contributed by atoms with Gasteiger partial charge in [0.15, 0.2) is 0 Å². The van der Waals surface area contributed by atoms with Crippen molar-refractivity contribution < 1.29 is 24.4 Å². The Morgan fingerprint density at radius 3 is 2.52 bits per heavy atom. The molecule has 2 aromatic carbocycles. The summed E-state index contributed by atoms with van der Waals surface area (Å²) < 4.78 is 6.20. The summed E-state index contributed by atoms with van der Waals surface area (Å²) in [5.74, 6) is -1.93. The van der Waals surface area contributed by atoms with Crippen LogP contribution in [0.4, 0.5) is 11.4 Å². The maximum atomic E-state index is 13.5. The maximum absolute atomic E-state index is 13.5. The molecule has 5 rings (SSSR count). The minimum atomic E-state index is -0.827. The van der Waals surface area contributed by atoms with Gasteiger partial charge in [-0.15, -0.1) is 0 Å². The van der Waals surface area contributed by atoms with Crippen LogP contribution < -0.4 is 4.90 Å². The predicted octanol–water partition coefficient (Wildman–Crippen LogP) is 2.56. The number of carbonyl (C=O) groups excluding carboxylic acids is 2. The lowest BCUT2D eigenvalue weighted by Gasteiger charge is -2.30. The molecule has 3 aliphatic rings. The second-order valence-corrected chi connectivity index (χ2v) is 8.33. The molecular formula is C21H20N2O6. The van der Waals surface area contributed by atoms with Crippen LogP contribution in [-0.4, -0.2) is 39.7 Å². The number of ether oxygens (including phenoxy) is 1. The van der Waals surface area contributed by atoms with Gasteiger partial charge in [0.25, 0.3) is 5.69 Å². The molecule has 0 radical (unpaired) electrons. The van der Waals surface area contributed by atoms with Gasteiger partial charge in [-0.1, -0.05) is 18.2 Å². The van der Waals surface area contributed by atoms with Gasteiger partial charge in [-0.25, -0.2) is 4.90 Å². The minimum Gasteiger partial charge on any atom is -0.396 e. The van der Waals surface area contributed by atoms with Crippen molar-refractivity contribution in [2.24, 2.45) is 11.8 Å². The Hall–Kier alpha value is -2.84. The molecule has 1 N–H and O–H groups in total. The molecule has 3 fully saturated rings. The van der Waals surface area contributed by atoms with E-state index in [2.05, 4.69) is 0 Å². The smallest absolute Gasteiger partial charge is 0.277 e. The van der Waals surface area contributed by atoms with Crippen molar-refractivity contribution in [3.63, 3.8) is 0 Å². The van der Waals surface area contributed by atoms with E-state index in [1.165, 1.54) is 17.0 Å². The SMILES string of the molecule is CC12CCC(CCO)(O1)C1C(=O)N(c3ccc([N+](=O)[O-])c4ccccc34)C(=O)C12. The molecule has 4 unspecified atom stereocenters. The second kappa shape index (κ2) is 5.84. The van der Waals surface area contributed by atoms with E-state index in [0.29, 0.717) is 35.7 Å². The Kier molecular flexibility index (Phi) is 3.66. The van der Waals surface area contributed by atoms with Gasteiger partial charge in [0.2, 0.25) is 11.8 Å². The predicted molar refractivity (Wildman–Crippen MR) is 103 cm³/mol. The molecule has 0 aromatic heterocycles. The summed E-state index contributed by atoms with van der Waals surface area (Å²) in [7, 11) is 0. The molecular weight excluding hydrogens is 376 g/mol. The Morgan fingerprint density at radius 1 is 1.14 bits per heavy atom. The number of carbonyl (C=O) groups is 2. The van der Waals surface area contributed by atoms with Crippen LogP contribution in [0.15, 0.2) is 36.4 Å². The number of hydrogen-bond donors (Lipinski definition) is 1. The lowest BCUT2D eigenvalue weighted by molar-refractivity contribution is -0.383. The molecule has 150 valence electrons. The summed E-state index contributed by atoms with van der Waals surface area (Å²) in [6, 6.07) is 9.52. The summed E-state index contributed by atoms with van der Waals surface area (Å²) in [5.41, 5.74) is -1.28. The number of nitrogens with zero attached hydrogens (tertiary/aromatic N) is 2. The van der Waals surface area contributed by atoms with E-state index >= 15 is 0 Å². The highest BCUT2D eigenvalue weighted by molar-refractivity contribution is 6.26. The molecule has 3 heterocycles. The normalized spacial score (nSPS) is 33.0. The van der Waals surface area contributed by atoms with Crippen molar-refractivity contribution >= 4 is 34.0 Å². The number of aliphatic hydroxyl groups excluding tert-OH is 1. The number of hydrogen-bond acceptors (Lipinski definition) is 6. The Labute approximate surface area is 166 Å². The average Bonchev–Trinajstić information content (AvgIpc) is 3.26. The summed E-state index contributed by atoms with van der Waals surface area (Å²) in [6.07, 6.45) is 1.58. The molecule has 2 aromatic rings. The highest BCUT2D eigenvalue weighted by atomic mass is 16.6. The third kappa shape index (κ3) is 2.21. The summed E-state index contributed by atoms with van der Waals surface area (Å²) in [5, 5.41) is 21.8. The largest absolute Gasteiger partial charge is 0.396 e. The zero-order valence-electron chi connectivity index (χ0n) is 15.8. The number of fused-ring (bicyclic) bond motifs is 6. The van der Waals surface area contributed by atoms with Crippen molar-refractivity contribution in [2.45, 2.75) is 37.4 Å². The molecule has 3 saturated heterocycles. The summed E-state index contributed by atoms with van der Waals surface area (Å²) in [6.45, 7) is 1.74. The number of nitro benzene ring substituents is 1. The minimum absolute atomic E-state index is 0.0734.